The highest BCUT2D eigenvalue weighted by Crippen LogP contribution is 2.40. The molecule has 0 bridgehead atoms. The minimum atomic E-state index is -0.353. The van der Waals surface area contributed by atoms with E-state index in [0.29, 0.717) is 40.4 Å². The second-order valence-corrected chi connectivity index (χ2v) is 6.57. The van der Waals surface area contributed by atoms with Crippen LogP contribution in [0.3, 0.4) is 0 Å². The van der Waals surface area contributed by atoms with Gasteiger partial charge in [0.25, 0.3) is 5.56 Å². The molecular formula is C17H19N3O5S. The quantitative estimate of drug-likeness (QED) is 0.792. The first-order chi connectivity index (χ1) is 12.6. The first-order valence-corrected chi connectivity index (χ1v) is 8.85. The smallest absolute Gasteiger partial charge is 0.254 e. The van der Waals surface area contributed by atoms with Gasteiger partial charge in [0.15, 0.2) is 16.7 Å². The van der Waals surface area contributed by atoms with Crippen LogP contribution in [0.1, 0.15) is 0 Å². The number of nitrogens with one attached hydrogen (secondary N) is 1. The predicted octanol–water partition coefficient (Wildman–Crippen LogP) is 1.63. The Morgan fingerprint density at radius 3 is 2.54 bits per heavy atom. The Balaban J connectivity index is 1.80. The van der Waals surface area contributed by atoms with E-state index in [-0.39, 0.29) is 17.4 Å². The van der Waals surface area contributed by atoms with Crippen LogP contribution in [0.5, 0.6) is 17.2 Å². The Kier molecular flexibility index (Phi) is 5.36. The summed E-state index contributed by atoms with van der Waals surface area (Å²) in [6.07, 6.45) is 1.48. The number of benzene rings is 1. The fourth-order valence-electron chi connectivity index (χ4n) is 2.71. The highest BCUT2D eigenvalue weighted by atomic mass is 32.2. The molecule has 3 rings (SSSR count). The average molecular weight is 377 g/mol. The van der Waals surface area contributed by atoms with E-state index in [0.717, 1.165) is 0 Å². The molecule has 0 spiro atoms. The van der Waals surface area contributed by atoms with Crippen LogP contribution >= 0.6 is 11.8 Å². The normalized spacial score (nSPS) is 15.7. The Hall–Kier alpha value is -2.68. The maximum Gasteiger partial charge on any atom is 0.254 e. The molecule has 2 heterocycles. The van der Waals surface area contributed by atoms with E-state index in [9.17, 15) is 9.59 Å². The number of carbonyl (C=O) groups is 1. The molecule has 138 valence electrons. The molecule has 1 aromatic carbocycles. The summed E-state index contributed by atoms with van der Waals surface area (Å²) >= 11 is 1.39. The molecule has 26 heavy (non-hydrogen) atoms. The molecule has 0 aliphatic carbocycles. The van der Waals surface area contributed by atoms with Gasteiger partial charge in [-0.1, -0.05) is 11.8 Å². The van der Waals surface area contributed by atoms with Gasteiger partial charge in [-0.15, -0.1) is 0 Å². The van der Waals surface area contributed by atoms with Crippen LogP contribution in [0.15, 0.2) is 34.3 Å². The van der Waals surface area contributed by atoms with Crippen molar-refractivity contribution in [2.24, 2.45) is 5.92 Å². The summed E-state index contributed by atoms with van der Waals surface area (Å²) in [6.45, 7) is 0.297. The largest absolute Gasteiger partial charge is 0.493 e. The molecule has 1 aliphatic heterocycles. The number of carbonyl (C=O) groups excluding carboxylic acids is 1. The van der Waals surface area contributed by atoms with Gasteiger partial charge < -0.3 is 19.5 Å². The van der Waals surface area contributed by atoms with Crippen molar-refractivity contribution in [1.29, 1.82) is 0 Å². The van der Waals surface area contributed by atoms with Crippen LogP contribution in [0, 0.1) is 5.92 Å². The zero-order chi connectivity index (χ0) is 18.7. The van der Waals surface area contributed by atoms with Crippen LogP contribution < -0.4 is 25.1 Å². The standard InChI is InChI=1S/C17H19N3O5S/c1-23-12-6-11(7-13(24-2)15(12)25-3)19-16(22)10-8-20-14(21)4-5-18-17(20)26-9-10/h4-7,10H,8-9H2,1-3H3,(H,19,22). The second-order valence-electron chi connectivity index (χ2n) is 5.59. The molecule has 1 aromatic heterocycles. The van der Waals surface area contributed by atoms with Crippen molar-refractivity contribution < 1.29 is 19.0 Å². The Morgan fingerprint density at radius 2 is 1.92 bits per heavy atom. The summed E-state index contributed by atoms with van der Waals surface area (Å²) in [7, 11) is 4.54. The highest BCUT2D eigenvalue weighted by Gasteiger charge is 2.27. The van der Waals surface area contributed by atoms with Crippen molar-refractivity contribution in [3.05, 3.63) is 34.7 Å². The van der Waals surface area contributed by atoms with Crippen molar-refractivity contribution in [3.8, 4) is 17.2 Å². The number of hydrogen-bond donors (Lipinski definition) is 1. The van der Waals surface area contributed by atoms with Crippen LogP contribution in [0.2, 0.25) is 0 Å². The van der Waals surface area contributed by atoms with Crippen LogP contribution in [0.4, 0.5) is 5.69 Å². The van der Waals surface area contributed by atoms with Crippen molar-refractivity contribution in [2.75, 3.05) is 32.4 Å². The van der Waals surface area contributed by atoms with E-state index >= 15 is 0 Å². The van der Waals surface area contributed by atoms with E-state index in [1.54, 1.807) is 12.1 Å². The predicted molar refractivity (Wildman–Crippen MR) is 97.4 cm³/mol. The molecule has 0 fully saturated rings. The van der Waals surface area contributed by atoms with Gasteiger partial charge in [0.2, 0.25) is 11.7 Å². The molecule has 1 unspecified atom stereocenters. The average Bonchev–Trinajstić information content (AvgIpc) is 2.67. The molecule has 0 saturated carbocycles. The highest BCUT2D eigenvalue weighted by molar-refractivity contribution is 7.99. The molecule has 8 nitrogen and oxygen atoms in total. The third-order valence-corrected chi connectivity index (χ3v) is 5.17. The zero-order valence-corrected chi connectivity index (χ0v) is 15.5. The third-order valence-electron chi connectivity index (χ3n) is 4.02. The van der Waals surface area contributed by atoms with Gasteiger partial charge >= 0.3 is 0 Å². The number of hydrogen-bond acceptors (Lipinski definition) is 7. The number of rotatable bonds is 5. The lowest BCUT2D eigenvalue weighted by Crippen LogP contribution is -2.36. The Morgan fingerprint density at radius 1 is 1.23 bits per heavy atom. The summed E-state index contributed by atoms with van der Waals surface area (Å²) < 4.78 is 17.4. The fourth-order valence-corrected chi connectivity index (χ4v) is 3.77. The number of fused-ring (bicyclic) bond motifs is 1. The molecule has 0 saturated heterocycles. The SMILES string of the molecule is COc1cc(NC(=O)C2CSc3nccc(=O)n3C2)cc(OC)c1OC. The second kappa shape index (κ2) is 7.69. The van der Waals surface area contributed by atoms with Crippen LogP contribution in [-0.2, 0) is 11.3 Å². The molecular weight excluding hydrogens is 358 g/mol. The zero-order valence-electron chi connectivity index (χ0n) is 14.6. The van der Waals surface area contributed by atoms with Crippen LogP contribution in [-0.4, -0.2) is 42.5 Å². The first-order valence-electron chi connectivity index (χ1n) is 7.87. The Bertz CT molecular complexity index is 858. The van der Waals surface area contributed by atoms with Gasteiger partial charge in [-0.3, -0.25) is 14.2 Å². The molecule has 9 heteroatoms. The lowest BCUT2D eigenvalue weighted by Gasteiger charge is -2.24. The number of ether oxygens (including phenoxy) is 3. The summed E-state index contributed by atoms with van der Waals surface area (Å²) in [5.41, 5.74) is 0.367. The van der Waals surface area contributed by atoms with Crippen molar-refractivity contribution in [3.63, 3.8) is 0 Å². The molecule has 0 radical (unpaired) electrons. The molecule has 2 aromatic rings. The number of thioether (sulfide) groups is 1. The van der Waals surface area contributed by atoms with E-state index in [2.05, 4.69) is 10.3 Å². The topological polar surface area (TPSA) is 91.7 Å². The van der Waals surface area contributed by atoms with Crippen LogP contribution in [0.25, 0.3) is 0 Å². The number of amides is 1. The first kappa shape index (κ1) is 18.1. The van der Waals surface area contributed by atoms with E-state index < -0.39 is 0 Å². The maximum atomic E-state index is 12.7. The molecule has 1 atom stereocenters. The number of methoxy groups -OCH3 is 3. The molecule has 1 N–H and O–H groups in total. The van der Waals surface area contributed by atoms with E-state index in [4.69, 9.17) is 14.2 Å². The van der Waals surface area contributed by atoms with Gasteiger partial charge in [0.1, 0.15) is 0 Å². The maximum absolute atomic E-state index is 12.7. The fraction of sp³-hybridized carbons (Fsp3) is 0.353. The molecule has 1 aliphatic rings. The lowest BCUT2D eigenvalue weighted by molar-refractivity contribution is -0.119. The van der Waals surface area contributed by atoms with Crippen molar-refractivity contribution in [2.45, 2.75) is 11.7 Å². The van der Waals surface area contributed by atoms with Gasteiger partial charge in [-0.25, -0.2) is 4.98 Å². The van der Waals surface area contributed by atoms with Gasteiger partial charge in [-0.05, 0) is 0 Å². The van der Waals surface area contributed by atoms with Crippen molar-refractivity contribution in [1.82, 2.24) is 9.55 Å². The summed E-state index contributed by atoms with van der Waals surface area (Å²) in [4.78, 5) is 28.8. The summed E-state index contributed by atoms with van der Waals surface area (Å²) in [5.74, 6) is 1.36. The van der Waals surface area contributed by atoms with Gasteiger partial charge in [0.05, 0.1) is 27.2 Å². The van der Waals surface area contributed by atoms with Gasteiger partial charge in [-0.2, -0.15) is 0 Å². The third kappa shape index (κ3) is 3.48. The summed E-state index contributed by atoms with van der Waals surface area (Å²) in [6, 6.07) is 4.72. The van der Waals surface area contributed by atoms with Gasteiger partial charge in [0, 0.05) is 42.4 Å². The van der Waals surface area contributed by atoms with E-state index in [1.165, 1.54) is 49.9 Å². The minimum Gasteiger partial charge on any atom is -0.493 e. The number of nitrogens with zero attached hydrogens (tertiary/aromatic N) is 2. The van der Waals surface area contributed by atoms with E-state index in [1.807, 2.05) is 0 Å². The van der Waals surface area contributed by atoms with Crippen molar-refractivity contribution >= 4 is 23.4 Å². The summed E-state index contributed by atoms with van der Waals surface area (Å²) in [5, 5.41) is 3.49. The lowest BCUT2D eigenvalue weighted by atomic mass is 10.1. The molecule has 1 amide bonds. The number of aromatic nitrogens is 2. The monoisotopic (exact) mass is 377 g/mol. The minimum absolute atomic E-state index is 0.159. The Labute approximate surface area is 154 Å². The number of anilines is 1.